The van der Waals surface area contributed by atoms with E-state index in [0.29, 0.717) is 16.8 Å². The second-order valence-electron chi connectivity index (χ2n) is 4.93. The van der Waals surface area contributed by atoms with Crippen molar-refractivity contribution in [3.05, 3.63) is 59.7 Å². The van der Waals surface area contributed by atoms with E-state index >= 15 is 0 Å². The molecule has 2 rings (SSSR count). The molecule has 0 atom stereocenters. The van der Waals surface area contributed by atoms with Crippen molar-refractivity contribution < 1.29 is 9.59 Å². The van der Waals surface area contributed by atoms with Crippen molar-refractivity contribution in [3.8, 4) is 0 Å². The molecular formula is C17H18N2O2S. The quantitative estimate of drug-likeness (QED) is 0.880. The predicted molar refractivity (Wildman–Crippen MR) is 90.6 cm³/mol. The summed E-state index contributed by atoms with van der Waals surface area (Å²) in [6.07, 6.45) is 1.94. The van der Waals surface area contributed by atoms with Crippen LogP contribution in [-0.4, -0.2) is 37.1 Å². The van der Waals surface area contributed by atoms with Gasteiger partial charge < -0.3 is 10.2 Å². The Labute approximate surface area is 134 Å². The van der Waals surface area contributed by atoms with Crippen molar-refractivity contribution in [2.75, 3.05) is 25.7 Å². The highest BCUT2D eigenvalue weighted by Crippen LogP contribution is 2.21. The van der Waals surface area contributed by atoms with E-state index in [1.54, 1.807) is 44.4 Å². The minimum atomic E-state index is -0.156. The fourth-order valence-electron chi connectivity index (χ4n) is 1.98. The van der Waals surface area contributed by atoms with Gasteiger partial charge in [-0.15, -0.1) is 11.8 Å². The average Bonchev–Trinajstić information content (AvgIpc) is 2.54. The topological polar surface area (TPSA) is 49.4 Å². The van der Waals surface area contributed by atoms with Crippen LogP contribution in [0, 0.1) is 0 Å². The fraction of sp³-hybridized carbons (Fsp3) is 0.176. The van der Waals surface area contributed by atoms with Gasteiger partial charge in [0.05, 0.1) is 5.56 Å². The number of amides is 2. The maximum absolute atomic E-state index is 12.3. The van der Waals surface area contributed by atoms with Gasteiger partial charge in [0.1, 0.15) is 0 Å². The van der Waals surface area contributed by atoms with Crippen LogP contribution >= 0.6 is 11.8 Å². The summed E-state index contributed by atoms with van der Waals surface area (Å²) in [7, 11) is 3.41. The van der Waals surface area contributed by atoms with Gasteiger partial charge in [-0.1, -0.05) is 12.1 Å². The molecule has 0 saturated heterocycles. The summed E-state index contributed by atoms with van der Waals surface area (Å²) in [6.45, 7) is 0. The number of carbonyl (C=O) groups is 2. The number of hydrogen-bond donors (Lipinski definition) is 1. The Morgan fingerprint density at radius 1 is 1.00 bits per heavy atom. The Bertz CT molecular complexity index is 681. The third kappa shape index (κ3) is 3.68. The molecule has 4 nitrogen and oxygen atoms in total. The van der Waals surface area contributed by atoms with E-state index in [1.807, 2.05) is 24.5 Å². The van der Waals surface area contributed by atoms with Crippen LogP contribution < -0.4 is 5.32 Å². The zero-order chi connectivity index (χ0) is 16.1. The van der Waals surface area contributed by atoms with Crippen LogP contribution in [0.2, 0.25) is 0 Å². The van der Waals surface area contributed by atoms with Crippen molar-refractivity contribution in [3.63, 3.8) is 0 Å². The average molecular weight is 314 g/mol. The molecular weight excluding hydrogens is 296 g/mol. The van der Waals surface area contributed by atoms with Crippen LogP contribution in [0.25, 0.3) is 0 Å². The van der Waals surface area contributed by atoms with Gasteiger partial charge in [0, 0.05) is 30.2 Å². The molecule has 2 aromatic rings. The smallest absolute Gasteiger partial charge is 0.256 e. The Morgan fingerprint density at radius 2 is 1.64 bits per heavy atom. The minimum absolute atomic E-state index is 0.0643. The first-order chi connectivity index (χ1) is 10.5. The molecule has 0 bridgehead atoms. The van der Waals surface area contributed by atoms with Gasteiger partial charge in [-0.3, -0.25) is 9.59 Å². The van der Waals surface area contributed by atoms with Gasteiger partial charge in [-0.25, -0.2) is 0 Å². The SMILES string of the molecule is CSc1ccccc1C(=O)Nc1ccc(C(=O)N(C)C)cc1. The molecule has 0 radical (unpaired) electrons. The van der Waals surface area contributed by atoms with Crippen LogP contribution in [0.3, 0.4) is 0 Å². The summed E-state index contributed by atoms with van der Waals surface area (Å²) in [5.74, 6) is -0.220. The highest BCUT2D eigenvalue weighted by Gasteiger charge is 2.11. The third-order valence-electron chi connectivity index (χ3n) is 3.15. The summed E-state index contributed by atoms with van der Waals surface area (Å²) in [6, 6.07) is 14.3. The molecule has 0 aliphatic carbocycles. The lowest BCUT2D eigenvalue weighted by molar-refractivity contribution is 0.0827. The van der Waals surface area contributed by atoms with Gasteiger partial charge in [0.25, 0.3) is 11.8 Å². The van der Waals surface area contributed by atoms with Gasteiger partial charge in [-0.2, -0.15) is 0 Å². The van der Waals surface area contributed by atoms with Crippen LogP contribution in [0.4, 0.5) is 5.69 Å². The minimum Gasteiger partial charge on any atom is -0.345 e. The molecule has 1 N–H and O–H groups in total. The van der Waals surface area contributed by atoms with E-state index in [0.717, 1.165) is 4.90 Å². The molecule has 0 heterocycles. The van der Waals surface area contributed by atoms with Gasteiger partial charge >= 0.3 is 0 Å². The lowest BCUT2D eigenvalue weighted by Crippen LogP contribution is -2.21. The lowest BCUT2D eigenvalue weighted by Gasteiger charge is -2.11. The highest BCUT2D eigenvalue weighted by atomic mass is 32.2. The summed E-state index contributed by atoms with van der Waals surface area (Å²) in [4.78, 5) is 26.6. The largest absolute Gasteiger partial charge is 0.345 e. The molecule has 5 heteroatoms. The van der Waals surface area contributed by atoms with Crippen LogP contribution in [0.15, 0.2) is 53.4 Å². The number of carbonyl (C=O) groups excluding carboxylic acids is 2. The fourth-order valence-corrected chi connectivity index (χ4v) is 2.58. The number of thioether (sulfide) groups is 1. The van der Waals surface area contributed by atoms with Gasteiger partial charge in [-0.05, 0) is 42.7 Å². The van der Waals surface area contributed by atoms with Crippen molar-refractivity contribution >= 4 is 29.3 Å². The van der Waals surface area contributed by atoms with E-state index in [9.17, 15) is 9.59 Å². The maximum Gasteiger partial charge on any atom is 0.256 e. The van der Waals surface area contributed by atoms with Crippen molar-refractivity contribution in [1.82, 2.24) is 4.90 Å². The van der Waals surface area contributed by atoms with Crippen molar-refractivity contribution in [1.29, 1.82) is 0 Å². The number of nitrogens with zero attached hydrogens (tertiary/aromatic N) is 1. The zero-order valence-electron chi connectivity index (χ0n) is 12.8. The molecule has 2 aromatic carbocycles. The number of hydrogen-bond acceptors (Lipinski definition) is 3. The molecule has 0 unspecified atom stereocenters. The third-order valence-corrected chi connectivity index (χ3v) is 3.94. The number of rotatable bonds is 4. The second kappa shape index (κ2) is 7.13. The van der Waals surface area contributed by atoms with Crippen LogP contribution in [0.5, 0.6) is 0 Å². The van der Waals surface area contributed by atoms with E-state index in [2.05, 4.69) is 5.32 Å². The number of anilines is 1. The Morgan fingerprint density at radius 3 is 2.23 bits per heavy atom. The molecule has 114 valence electrons. The first-order valence-electron chi connectivity index (χ1n) is 6.79. The Balaban J connectivity index is 2.14. The summed E-state index contributed by atoms with van der Waals surface area (Å²) in [5.41, 5.74) is 1.90. The van der Waals surface area contributed by atoms with E-state index in [1.165, 1.54) is 16.7 Å². The molecule has 0 aliphatic heterocycles. The Hall–Kier alpha value is -2.27. The predicted octanol–water partition coefficient (Wildman–Crippen LogP) is 3.36. The van der Waals surface area contributed by atoms with E-state index in [4.69, 9.17) is 0 Å². The summed E-state index contributed by atoms with van der Waals surface area (Å²) >= 11 is 1.53. The maximum atomic E-state index is 12.3. The van der Waals surface area contributed by atoms with Crippen molar-refractivity contribution in [2.24, 2.45) is 0 Å². The number of nitrogens with one attached hydrogen (secondary N) is 1. The molecule has 0 aliphatic rings. The van der Waals surface area contributed by atoms with E-state index in [-0.39, 0.29) is 11.8 Å². The van der Waals surface area contributed by atoms with Crippen LogP contribution in [0.1, 0.15) is 20.7 Å². The van der Waals surface area contributed by atoms with Gasteiger partial charge in [0.2, 0.25) is 0 Å². The monoisotopic (exact) mass is 314 g/mol. The molecule has 0 aromatic heterocycles. The van der Waals surface area contributed by atoms with E-state index < -0.39 is 0 Å². The Kier molecular flexibility index (Phi) is 5.22. The summed E-state index contributed by atoms with van der Waals surface area (Å²) < 4.78 is 0. The van der Waals surface area contributed by atoms with Crippen LogP contribution in [-0.2, 0) is 0 Å². The highest BCUT2D eigenvalue weighted by molar-refractivity contribution is 7.98. The molecule has 0 fully saturated rings. The molecule has 22 heavy (non-hydrogen) atoms. The molecule has 0 spiro atoms. The standard InChI is InChI=1S/C17H18N2O2S/c1-19(2)17(21)12-8-10-13(11-9-12)18-16(20)14-6-4-5-7-15(14)22-3/h4-11H,1-3H3,(H,18,20). The lowest BCUT2D eigenvalue weighted by atomic mass is 10.1. The first kappa shape index (κ1) is 16.1. The normalized spacial score (nSPS) is 10.1. The number of benzene rings is 2. The summed E-state index contributed by atoms with van der Waals surface area (Å²) in [5, 5.41) is 2.85. The molecule has 0 saturated carbocycles. The van der Waals surface area contributed by atoms with Crippen molar-refractivity contribution in [2.45, 2.75) is 4.90 Å². The molecule has 2 amide bonds. The van der Waals surface area contributed by atoms with Gasteiger partial charge in [0.15, 0.2) is 0 Å². The zero-order valence-corrected chi connectivity index (χ0v) is 13.6. The first-order valence-corrected chi connectivity index (χ1v) is 8.01. The second-order valence-corrected chi connectivity index (χ2v) is 5.78.